The Labute approximate surface area is 162 Å². The van der Waals surface area contributed by atoms with Crippen molar-refractivity contribution in [1.82, 2.24) is 4.98 Å². The summed E-state index contributed by atoms with van der Waals surface area (Å²) in [5.74, 6) is -0.398. The highest BCUT2D eigenvalue weighted by Gasteiger charge is 2.18. The highest BCUT2D eigenvalue weighted by molar-refractivity contribution is 6.05. The number of nitro groups is 1. The van der Waals surface area contributed by atoms with Gasteiger partial charge in [-0.05, 0) is 60.9 Å². The van der Waals surface area contributed by atoms with Gasteiger partial charge < -0.3 is 10.6 Å². The van der Waals surface area contributed by atoms with Crippen LogP contribution in [-0.4, -0.2) is 15.8 Å². The van der Waals surface area contributed by atoms with Gasteiger partial charge in [0, 0.05) is 36.3 Å². The molecule has 2 aromatic carbocycles. The van der Waals surface area contributed by atoms with Crippen molar-refractivity contribution in [1.29, 1.82) is 0 Å². The summed E-state index contributed by atoms with van der Waals surface area (Å²) in [6.07, 6.45) is 3.35. The summed E-state index contributed by atoms with van der Waals surface area (Å²) in [6.45, 7) is 4.34. The van der Waals surface area contributed by atoms with Crippen LogP contribution in [0.2, 0.25) is 0 Å². The van der Waals surface area contributed by atoms with Crippen LogP contribution in [0.3, 0.4) is 0 Å². The molecule has 2 N–H and O–H groups in total. The molecule has 7 heteroatoms. The molecule has 0 spiro atoms. The lowest BCUT2D eigenvalue weighted by atomic mass is 10.1. The molecule has 1 amide bonds. The summed E-state index contributed by atoms with van der Waals surface area (Å²) in [7, 11) is 0. The van der Waals surface area contributed by atoms with Gasteiger partial charge in [-0.2, -0.15) is 0 Å². The molecule has 0 atom stereocenters. The Bertz CT molecular complexity index is 1020. The average Bonchev–Trinajstić information content (AvgIpc) is 2.69. The number of amides is 1. The molecule has 0 fully saturated rings. The Morgan fingerprint density at radius 3 is 2.61 bits per heavy atom. The smallest absolute Gasteiger partial charge is 0.293 e. The highest BCUT2D eigenvalue weighted by Crippen LogP contribution is 2.27. The fourth-order valence-electron chi connectivity index (χ4n) is 2.70. The zero-order valence-electron chi connectivity index (χ0n) is 15.6. The Hall–Kier alpha value is -3.74. The van der Waals surface area contributed by atoms with E-state index in [1.54, 1.807) is 36.7 Å². The SMILES string of the molecule is Cc1ccc(NC(=O)c2ccc(NCc3cccnc3)c([N+](=O)[O-])c2)cc1C. The normalized spacial score (nSPS) is 10.4. The number of aryl methyl sites for hydroxylation is 2. The van der Waals surface area contributed by atoms with Crippen molar-refractivity contribution in [2.24, 2.45) is 0 Å². The molecule has 3 rings (SSSR count). The zero-order valence-corrected chi connectivity index (χ0v) is 15.6. The first-order chi connectivity index (χ1) is 13.4. The van der Waals surface area contributed by atoms with Crippen LogP contribution in [0, 0.1) is 24.0 Å². The minimum absolute atomic E-state index is 0.156. The van der Waals surface area contributed by atoms with E-state index in [9.17, 15) is 14.9 Å². The fraction of sp³-hybridized carbons (Fsp3) is 0.143. The predicted octanol–water partition coefficient (Wildman–Crippen LogP) is 4.47. The highest BCUT2D eigenvalue weighted by atomic mass is 16.6. The van der Waals surface area contributed by atoms with Crippen molar-refractivity contribution in [3.05, 3.63) is 93.3 Å². The molecule has 0 saturated heterocycles. The van der Waals surface area contributed by atoms with E-state index < -0.39 is 10.8 Å². The van der Waals surface area contributed by atoms with Crippen molar-refractivity contribution in [3.8, 4) is 0 Å². The minimum atomic E-state index is -0.502. The van der Waals surface area contributed by atoms with E-state index in [0.29, 0.717) is 17.9 Å². The predicted molar refractivity (Wildman–Crippen MR) is 109 cm³/mol. The molecule has 0 radical (unpaired) electrons. The second kappa shape index (κ2) is 8.30. The van der Waals surface area contributed by atoms with E-state index >= 15 is 0 Å². The van der Waals surface area contributed by atoms with Gasteiger partial charge in [-0.1, -0.05) is 12.1 Å². The summed E-state index contributed by atoms with van der Waals surface area (Å²) in [5, 5.41) is 17.3. The number of hydrogen-bond acceptors (Lipinski definition) is 5. The van der Waals surface area contributed by atoms with Gasteiger partial charge in [0.25, 0.3) is 11.6 Å². The quantitative estimate of drug-likeness (QED) is 0.489. The maximum Gasteiger partial charge on any atom is 0.293 e. The number of rotatable bonds is 6. The van der Waals surface area contributed by atoms with Gasteiger partial charge in [0.1, 0.15) is 5.69 Å². The monoisotopic (exact) mass is 376 g/mol. The summed E-state index contributed by atoms with van der Waals surface area (Å²) < 4.78 is 0. The first-order valence-electron chi connectivity index (χ1n) is 8.74. The number of pyridine rings is 1. The molecule has 0 aliphatic carbocycles. The largest absolute Gasteiger partial charge is 0.375 e. The Morgan fingerprint density at radius 2 is 1.93 bits per heavy atom. The third-order valence-corrected chi connectivity index (χ3v) is 4.43. The average molecular weight is 376 g/mol. The van der Waals surface area contributed by atoms with Crippen molar-refractivity contribution in [3.63, 3.8) is 0 Å². The van der Waals surface area contributed by atoms with Crippen LogP contribution in [-0.2, 0) is 6.54 Å². The lowest BCUT2D eigenvalue weighted by Crippen LogP contribution is -2.13. The van der Waals surface area contributed by atoms with Crippen molar-refractivity contribution >= 4 is 23.0 Å². The first-order valence-corrected chi connectivity index (χ1v) is 8.74. The second-order valence-corrected chi connectivity index (χ2v) is 6.46. The molecule has 0 saturated carbocycles. The first kappa shape index (κ1) is 19.0. The van der Waals surface area contributed by atoms with E-state index in [-0.39, 0.29) is 11.3 Å². The van der Waals surface area contributed by atoms with E-state index in [1.165, 1.54) is 6.07 Å². The standard InChI is InChI=1S/C21H20N4O3/c1-14-5-7-18(10-15(14)2)24-21(26)17-6-8-19(20(11-17)25(27)28)23-13-16-4-3-9-22-12-16/h3-12,23H,13H2,1-2H3,(H,24,26). The third-order valence-electron chi connectivity index (χ3n) is 4.43. The number of nitrogens with zero attached hydrogens (tertiary/aromatic N) is 2. The van der Waals surface area contributed by atoms with Gasteiger partial charge in [0.05, 0.1) is 4.92 Å². The number of carbonyl (C=O) groups excluding carboxylic acids is 1. The maximum atomic E-state index is 12.5. The topological polar surface area (TPSA) is 97.2 Å². The molecule has 0 aliphatic heterocycles. The molecule has 7 nitrogen and oxygen atoms in total. The van der Waals surface area contributed by atoms with Gasteiger partial charge in [-0.25, -0.2) is 0 Å². The lowest BCUT2D eigenvalue weighted by Gasteiger charge is -2.10. The lowest BCUT2D eigenvalue weighted by molar-refractivity contribution is -0.384. The second-order valence-electron chi connectivity index (χ2n) is 6.46. The summed E-state index contributed by atoms with van der Waals surface area (Å²) >= 11 is 0. The van der Waals surface area contributed by atoms with Crippen LogP contribution in [0.1, 0.15) is 27.0 Å². The van der Waals surface area contributed by atoms with Crippen LogP contribution in [0.15, 0.2) is 60.9 Å². The third kappa shape index (κ3) is 4.50. The van der Waals surface area contributed by atoms with Gasteiger partial charge in [-0.15, -0.1) is 0 Å². The number of nitro benzene ring substituents is 1. The molecule has 1 aromatic heterocycles. The molecule has 3 aromatic rings. The van der Waals surface area contributed by atoms with Gasteiger partial charge >= 0.3 is 0 Å². The van der Waals surface area contributed by atoms with Crippen LogP contribution in [0.5, 0.6) is 0 Å². The Kier molecular flexibility index (Phi) is 5.64. The molecule has 28 heavy (non-hydrogen) atoms. The maximum absolute atomic E-state index is 12.5. The number of carbonyl (C=O) groups is 1. The minimum Gasteiger partial charge on any atom is -0.375 e. The van der Waals surface area contributed by atoms with Crippen molar-refractivity contribution in [2.45, 2.75) is 20.4 Å². The van der Waals surface area contributed by atoms with Gasteiger partial charge in [0.15, 0.2) is 0 Å². The van der Waals surface area contributed by atoms with Gasteiger partial charge in [0.2, 0.25) is 0 Å². The van der Waals surface area contributed by atoms with Gasteiger partial charge in [-0.3, -0.25) is 19.9 Å². The Balaban J connectivity index is 1.78. The summed E-state index contributed by atoms with van der Waals surface area (Å²) in [5.41, 5.74) is 4.13. The Morgan fingerprint density at radius 1 is 1.11 bits per heavy atom. The zero-order chi connectivity index (χ0) is 20.1. The molecule has 0 bridgehead atoms. The van der Waals surface area contributed by atoms with E-state index in [2.05, 4.69) is 15.6 Å². The van der Waals surface area contributed by atoms with Crippen molar-refractivity contribution < 1.29 is 9.72 Å². The molecule has 1 heterocycles. The van der Waals surface area contributed by atoms with E-state index in [4.69, 9.17) is 0 Å². The molecule has 142 valence electrons. The van der Waals surface area contributed by atoms with Crippen LogP contribution in [0.4, 0.5) is 17.1 Å². The van der Waals surface area contributed by atoms with Crippen LogP contribution >= 0.6 is 0 Å². The number of nitrogens with one attached hydrogen (secondary N) is 2. The number of benzene rings is 2. The molecular weight excluding hydrogens is 356 g/mol. The summed E-state index contributed by atoms with van der Waals surface area (Å²) in [4.78, 5) is 27.5. The molecule has 0 unspecified atom stereocenters. The number of anilines is 2. The van der Waals surface area contributed by atoms with E-state index in [0.717, 1.165) is 16.7 Å². The molecule has 0 aliphatic rings. The van der Waals surface area contributed by atoms with E-state index in [1.807, 2.05) is 32.0 Å². The molecular formula is C21H20N4O3. The van der Waals surface area contributed by atoms with Crippen LogP contribution in [0.25, 0.3) is 0 Å². The van der Waals surface area contributed by atoms with Crippen molar-refractivity contribution in [2.75, 3.05) is 10.6 Å². The summed E-state index contributed by atoms with van der Waals surface area (Å²) in [6, 6.07) is 13.6. The fourth-order valence-corrected chi connectivity index (χ4v) is 2.70. The van der Waals surface area contributed by atoms with Crippen LogP contribution < -0.4 is 10.6 Å². The number of aromatic nitrogens is 1. The number of hydrogen-bond donors (Lipinski definition) is 2.